The number of benzene rings is 1. The second-order valence-corrected chi connectivity index (χ2v) is 10.7. The molecule has 4 aromatic rings. The number of carbonyl (C=O) groups excluding carboxylic acids is 1. The van der Waals surface area contributed by atoms with Gasteiger partial charge in [-0.1, -0.05) is 19.1 Å². The van der Waals surface area contributed by atoms with Gasteiger partial charge >= 0.3 is 0 Å². The fraction of sp³-hybridized carbons (Fsp3) is 0.519. The van der Waals surface area contributed by atoms with Gasteiger partial charge in [-0.25, -0.2) is 9.97 Å². The number of morpholine rings is 1. The first-order chi connectivity index (χ1) is 18.8. The summed E-state index contributed by atoms with van der Waals surface area (Å²) < 4.78 is 7.67. The lowest BCUT2D eigenvalue weighted by atomic mass is 10.0. The highest BCUT2D eigenvalue weighted by atomic mass is 16.5. The number of rotatable bonds is 7. The Kier molecular flexibility index (Phi) is 6.69. The SMILES string of the molecule is CCc1nc2ccccc2n1-c1nc(N2CCOCC2)c2[nH]c(CN3CCN(C(C)(C)C(N)=O)CC3)nc2n1. The Morgan fingerprint density at radius 1 is 1.03 bits per heavy atom. The molecule has 0 unspecified atom stereocenters. The van der Waals surface area contributed by atoms with Crippen molar-refractivity contribution in [3.05, 3.63) is 35.9 Å². The minimum atomic E-state index is -0.653. The first-order valence-corrected chi connectivity index (χ1v) is 13.7. The van der Waals surface area contributed by atoms with E-state index >= 15 is 0 Å². The van der Waals surface area contributed by atoms with Crippen molar-refractivity contribution in [2.75, 3.05) is 57.4 Å². The predicted molar refractivity (Wildman–Crippen MR) is 149 cm³/mol. The lowest BCUT2D eigenvalue weighted by Crippen LogP contribution is -2.59. The summed E-state index contributed by atoms with van der Waals surface area (Å²) in [5, 5.41) is 0. The molecule has 1 amide bonds. The third kappa shape index (κ3) is 4.72. The van der Waals surface area contributed by atoms with Crippen LogP contribution in [0.1, 0.15) is 32.4 Å². The number of nitrogens with zero attached hydrogens (tertiary/aromatic N) is 8. The van der Waals surface area contributed by atoms with Crippen LogP contribution in [0.15, 0.2) is 24.3 Å². The van der Waals surface area contributed by atoms with Gasteiger partial charge in [-0.2, -0.15) is 9.97 Å². The highest BCUT2D eigenvalue weighted by Gasteiger charge is 2.35. The Morgan fingerprint density at radius 3 is 2.49 bits per heavy atom. The molecule has 3 N–H and O–H groups in total. The largest absolute Gasteiger partial charge is 0.378 e. The van der Waals surface area contributed by atoms with Crippen molar-refractivity contribution in [3.63, 3.8) is 0 Å². The number of aryl methyl sites for hydroxylation is 1. The van der Waals surface area contributed by atoms with Crippen LogP contribution in [0.5, 0.6) is 0 Å². The smallest absolute Gasteiger partial charge is 0.239 e. The van der Waals surface area contributed by atoms with E-state index in [1.54, 1.807) is 0 Å². The van der Waals surface area contributed by atoms with Gasteiger partial charge in [0.05, 0.1) is 36.3 Å². The van der Waals surface area contributed by atoms with E-state index in [4.69, 9.17) is 30.4 Å². The molecule has 206 valence electrons. The highest BCUT2D eigenvalue weighted by molar-refractivity contribution is 5.85. The molecule has 3 aromatic heterocycles. The maximum atomic E-state index is 11.9. The summed E-state index contributed by atoms with van der Waals surface area (Å²) in [6, 6.07) is 8.08. The number of nitrogens with one attached hydrogen (secondary N) is 1. The number of aromatic amines is 1. The van der Waals surface area contributed by atoms with Gasteiger partial charge in [0.25, 0.3) is 0 Å². The third-order valence-electron chi connectivity index (χ3n) is 7.97. The topological polar surface area (TPSA) is 134 Å². The van der Waals surface area contributed by atoms with Crippen LogP contribution in [0, 0.1) is 0 Å². The lowest BCUT2D eigenvalue weighted by Gasteiger charge is -2.42. The second kappa shape index (κ2) is 10.2. The van der Waals surface area contributed by atoms with Crippen molar-refractivity contribution in [1.29, 1.82) is 0 Å². The van der Waals surface area contributed by atoms with Gasteiger partial charge in [0, 0.05) is 45.7 Å². The highest BCUT2D eigenvalue weighted by Crippen LogP contribution is 2.28. The monoisotopic (exact) mass is 532 g/mol. The molecular formula is C27H36N10O2. The van der Waals surface area contributed by atoms with Gasteiger partial charge in [-0.3, -0.25) is 19.2 Å². The number of carbonyl (C=O) groups is 1. The van der Waals surface area contributed by atoms with Crippen molar-refractivity contribution in [2.24, 2.45) is 5.73 Å². The molecule has 12 nitrogen and oxygen atoms in total. The quantitative estimate of drug-likeness (QED) is 0.363. The van der Waals surface area contributed by atoms with Crippen molar-refractivity contribution in [1.82, 2.24) is 39.3 Å². The molecule has 2 aliphatic rings. The summed E-state index contributed by atoms with van der Waals surface area (Å²) in [5.74, 6) is 2.88. The molecule has 0 radical (unpaired) electrons. The number of primary amides is 1. The molecule has 0 saturated carbocycles. The van der Waals surface area contributed by atoms with Gasteiger partial charge in [0.15, 0.2) is 11.5 Å². The minimum absolute atomic E-state index is 0.296. The summed E-state index contributed by atoms with van der Waals surface area (Å²) in [6.07, 6.45) is 0.757. The lowest BCUT2D eigenvalue weighted by molar-refractivity contribution is -0.129. The zero-order chi connectivity index (χ0) is 27.1. The zero-order valence-corrected chi connectivity index (χ0v) is 22.9. The molecule has 5 heterocycles. The second-order valence-electron chi connectivity index (χ2n) is 10.7. The normalized spacial score (nSPS) is 17.9. The summed E-state index contributed by atoms with van der Waals surface area (Å²) in [6.45, 7) is 12.5. The van der Waals surface area contributed by atoms with E-state index in [0.29, 0.717) is 31.4 Å². The zero-order valence-electron chi connectivity index (χ0n) is 22.9. The summed E-state index contributed by atoms with van der Waals surface area (Å²) in [7, 11) is 0. The number of para-hydroxylation sites is 2. The average molecular weight is 533 g/mol. The number of fused-ring (bicyclic) bond motifs is 2. The Balaban J connectivity index is 1.34. The molecule has 0 aliphatic carbocycles. The van der Waals surface area contributed by atoms with Crippen LogP contribution in [0.3, 0.4) is 0 Å². The Morgan fingerprint density at radius 2 is 1.77 bits per heavy atom. The molecular weight excluding hydrogens is 496 g/mol. The van der Waals surface area contributed by atoms with Gasteiger partial charge in [-0.05, 0) is 26.0 Å². The maximum Gasteiger partial charge on any atom is 0.239 e. The van der Waals surface area contributed by atoms with E-state index < -0.39 is 5.54 Å². The molecule has 2 fully saturated rings. The number of ether oxygens (including phenoxy) is 1. The molecule has 0 atom stereocenters. The average Bonchev–Trinajstić information content (AvgIpc) is 3.53. The van der Waals surface area contributed by atoms with Crippen LogP contribution in [0.4, 0.5) is 5.82 Å². The van der Waals surface area contributed by atoms with Crippen LogP contribution >= 0.6 is 0 Å². The number of imidazole rings is 2. The van der Waals surface area contributed by atoms with E-state index in [1.165, 1.54) is 0 Å². The summed E-state index contributed by atoms with van der Waals surface area (Å²) >= 11 is 0. The third-order valence-corrected chi connectivity index (χ3v) is 7.97. The standard InChI is InChI=1S/C27H36N10O2/c1-4-21-29-18-7-5-6-8-19(18)37(21)26-32-23-22(24(33-26)35-13-15-39-16-14-35)30-20(31-23)17-34-9-11-36(12-10-34)27(2,3)25(28)38/h5-8H,4,9-17H2,1-3H3,(H2,28,38)(H,30,31,32,33). The summed E-state index contributed by atoms with van der Waals surface area (Å²) in [4.78, 5) is 42.0. The van der Waals surface area contributed by atoms with E-state index in [9.17, 15) is 4.79 Å². The number of piperazine rings is 1. The number of anilines is 1. The van der Waals surface area contributed by atoms with Crippen molar-refractivity contribution < 1.29 is 9.53 Å². The van der Waals surface area contributed by atoms with Crippen LogP contribution in [-0.2, 0) is 22.5 Å². The van der Waals surface area contributed by atoms with Crippen molar-refractivity contribution >= 4 is 33.9 Å². The number of hydrogen-bond donors (Lipinski definition) is 2. The molecule has 1 aromatic carbocycles. The van der Waals surface area contributed by atoms with Crippen molar-refractivity contribution in [3.8, 4) is 5.95 Å². The Labute approximate surface area is 227 Å². The van der Waals surface area contributed by atoms with E-state index in [-0.39, 0.29) is 5.91 Å². The van der Waals surface area contributed by atoms with E-state index in [0.717, 1.165) is 79.7 Å². The molecule has 0 bridgehead atoms. The van der Waals surface area contributed by atoms with Crippen LogP contribution in [0.25, 0.3) is 28.1 Å². The summed E-state index contributed by atoms with van der Waals surface area (Å²) in [5.41, 5.74) is 8.37. The Hall–Kier alpha value is -3.61. The van der Waals surface area contributed by atoms with Gasteiger partial charge < -0.3 is 20.4 Å². The van der Waals surface area contributed by atoms with Crippen LogP contribution < -0.4 is 10.6 Å². The Bertz CT molecular complexity index is 1500. The first kappa shape index (κ1) is 25.7. The number of aromatic nitrogens is 6. The van der Waals surface area contributed by atoms with Gasteiger partial charge in [-0.15, -0.1) is 0 Å². The molecule has 2 saturated heterocycles. The maximum absolute atomic E-state index is 11.9. The van der Waals surface area contributed by atoms with Crippen molar-refractivity contribution in [2.45, 2.75) is 39.3 Å². The number of H-pyrrole nitrogens is 1. The fourth-order valence-electron chi connectivity index (χ4n) is 5.47. The van der Waals surface area contributed by atoms with Crippen LogP contribution in [0.2, 0.25) is 0 Å². The van der Waals surface area contributed by atoms with E-state index in [1.807, 2.05) is 36.6 Å². The fourth-order valence-corrected chi connectivity index (χ4v) is 5.47. The number of nitrogens with two attached hydrogens (primary N) is 1. The molecule has 12 heteroatoms. The van der Waals surface area contributed by atoms with Crippen LogP contribution in [-0.4, -0.2) is 103 Å². The number of amides is 1. The van der Waals surface area contributed by atoms with Gasteiger partial charge in [0.2, 0.25) is 11.9 Å². The van der Waals surface area contributed by atoms with E-state index in [2.05, 4.69) is 32.7 Å². The first-order valence-electron chi connectivity index (χ1n) is 13.7. The molecule has 39 heavy (non-hydrogen) atoms. The molecule has 2 aliphatic heterocycles. The minimum Gasteiger partial charge on any atom is -0.378 e. The predicted octanol–water partition coefficient (Wildman–Crippen LogP) is 1.47. The molecule has 0 spiro atoms. The molecule has 6 rings (SSSR count). The number of hydrogen-bond acceptors (Lipinski definition) is 9. The van der Waals surface area contributed by atoms with Gasteiger partial charge in [0.1, 0.15) is 17.2 Å².